The highest BCUT2D eigenvalue weighted by Crippen LogP contribution is 2.33. The number of aromatic amines is 1. The van der Waals surface area contributed by atoms with Gasteiger partial charge in [-0.1, -0.05) is 45.0 Å². The molecule has 7 heterocycles. The van der Waals surface area contributed by atoms with E-state index in [9.17, 15) is 37.1 Å². The fourth-order valence-corrected chi connectivity index (χ4v) is 12.1. The molecule has 4 N–H and O–H groups in total. The van der Waals surface area contributed by atoms with Crippen molar-refractivity contribution in [2.24, 2.45) is 5.41 Å². The molecule has 414 valence electrons. The van der Waals surface area contributed by atoms with E-state index < -0.39 is 87.0 Å². The van der Waals surface area contributed by atoms with E-state index in [1.165, 1.54) is 17.3 Å². The topological polar surface area (TPSA) is 236 Å². The van der Waals surface area contributed by atoms with Crippen LogP contribution in [0.2, 0.25) is 0 Å². The summed E-state index contributed by atoms with van der Waals surface area (Å²) in [5.41, 5.74) is 3.71. The zero-order chi connectivity index (χ0) is 55.5. The number of ketones is 2. The van der Waals surface area contributed by atoms with Crippen molar-refractivity contribution in [3.63, 3.8) is 0 Å². The molecule has 3 aliphatic heterocycles. The number of halogens is 3. The number of amides is 2. The number of anilines is 2. The van der Waals surface area contributed by atoms with E-state index in [1.54, 1.807) is 29.8 Å². The summed E-state index contributed by atoms with van der Waals surface area (Å²) in [4.78, 5) is 82.2. The van der Waals surface area contributed by atoms with Crippen LogP contribution in [0, 0.1) is 24.0 Å². The number of Topliss-reactive ketones (excluding diaryl/α,β-unsaturated/α-hetero) is 1. The molecule has 3 fully saturated rings. The van der Waals surface area contributed by atoms with Gasteiger partial charge in [0.15, 0.2) is 11.6 Å². The van der Waals surface area contributed by atoms with E-state index >= 15 is 8.78 Å². The lowest BCUT2D eigenvalue weighted by Gasteiger charge is -2.35. The third-order valence-electron chi connectivity index (χ3n) is 14.4. The number of rotatable bonds is 20. The molecule has 3 saturated heterocycles. The molecule has 2 aromatic carbocycles. The largest absolute Gasteiger partial charge is 0.391 e. The van der Waals surface area contributed by atoms with Gasteiger partial charge in [0.25, 0.3) is 0 Å². The number of H-pyrrole nitrogens is 1. The van der Waals surface area contributed by atoms with Crippen LogP contribution >= 0.6 is 11.3 Å². The van der Waals surface area contributed by atoms with E-state index in [0.29, 0.717) is 56.2 Å². The van der Waals surface area contributed by atoms with Gasteiger partial charge < -0.3 is 29.9 Å². The van der Waals surface area contributed by atoms with Crippen molar-refractivity contribution in [2.45, 2.75) is 84.2 Å². The number of nitrogens with zero attached hydrogens (tertiary/aromatic N) is 8. The second kappa shape index (κ2) is 23.7. The molecule has 24 heteroatoms. The first-order chi connectivity index (χ1) is 37.2. The minimum absolute atomic E-state index is 0.00241. The highest BCUT2D eigenvalue weighted by atomic mass is 32.2. The maximum Gasteiger partial charge on any atom is 0.301 e. The number of benzene rings is 2. The van der Waals surface area contributed by atoms with Gasteiger partial charge in [0, 0.05) is 119 Å². The highest BCUT2D eigenvalue weighted by molar-refractivity contribution is 7.90. The number of hydrogen-bond acceptors (Lipinski definition) is 15. The third kappa shape index (κ3) is 12.7. The lowest BCUT2D eigenvalue weighted by atomic mass is 9.85. The molecule has 2 amide bonds. The Morgan fingerprint density at radius 1 is 0.936 bits per heavy atom. The molecule has 0 bridgehead atoms. The fourth-order valence-electron chi connectivity index (χ4n) is 10.0. The maximum absolute atomic E-state index is 15.8. The van der Waals surface area contributed by atoms with Gasteiger partial charge in [-0.05, 0) is 60.9 Å². The maximum atomic E-state index is 15.8. The van der Waals surface area contributed by atoms with Gasteiger partial charge in [-0.25, -0.2) is 33.1 Å². The van der Waals surface area contributed by atoms with Crippen LogP contribution in [0.25, 0.3) is 32.6 Å². The molecule has 19 nitrogen and oxygen atoms in total. The quantitative estimate of drug-likeness (QED) is 0.0516. The van der Waals surface area contributed by atoms with Crippen molar-refractivity contribution in [1.29, 1.82) is 0 Å². The molecule has 3 aliphatic rings. The fraction of sp³-hybridized carbons (Fsp3) is 0.444. The van der Waals surface area contributed by atoms with Crippen molar-refractivity contribution >= 4 is 67.6 Å². The molecule has 9 rings (SSSR count). The minimum atomic E-state index is -4.39. The first-order valence-electron chi connectivity index (χ1n) is 25.8. The van der Waals surface area contributed by atoms with Gasteiger partial charge in [0.2, 0.25) is 23.5 Å². The average Bonchev–Trinajstić information content (AvgIpc) is 4.25. The second-order valence-electron chi connectivity index (χ2n) is 21.0. The van der Waals surface area contributed by atoms with Crippen molar-refractivity contribution in [3.8, 4) is 21.6 Å². The minimum Gasteiger partial charge on any atom is -0.391 e. The Hall–Kier alpha value is -6.70. The number of pyridine rings is 1. The molecule has 0 saturated carbocycles. The number of aliphatic hydroxyl groups excluding tert-OH is 1. The Morgan fingerprint density at radius 2 is 1.67 bits per heavy atom. The van der Waals surface area contributed by atoms with Crippen molar-refractivity contribution < 1.29 is 50.6 Å². The first-order valence-corrected chi connectivity index (χ1v) is 28.1. The molecule has 0 aliphatic carbocycles. The number of β-amino-alcohol motifs (C(OH)–C–C–N with tert-alkyl or cyclic N) is 1. The van der Waals surface area contributed by atoms with Crippen LogP contribution in [0.15, 0.2) is 72.8 Å². The third-order valence-corrected chi connectivity index (χ3v) is 16.8. The lowest BCUT2D eigenvalue weighted by molar-refractivity contribution is -0.144. The van der Waals surface area contributed by atoms with Gasteiger partial charge >= 0.3 is 10.2 Å². The van der Waals surface area contributed by atoms with Crippen LogP contribution < -0.4 is 14.9 Å². The number of nitrogens with one attached hydrogen (secondary N) is 3. The predicted molar refractivity (Wildman–Crippen MR) is 288 cm³/mol. The Kier molecular flexibility index (Phi) is 17.0. The van der Waals surface area contributed by atoms with E-state index in [-0.39, 0.29) is 61.3 Å². The van der Waals surface area contributed by atoms with Gasteiger partial charge in [-0.3, -0.25) is 28.8 Å². The first kappa shape index (κ1) is 56.0. The van der Waals surface area contributed by atoms with Crippen LogP contribution in [0.1, 0.15) is 73.6 Å². The van der Waals surface area contributed by atoms with E-state index in [2.05, 4.69) is 35.1 Å². The number of aryl methyl sites for hydroxylation is 2. The van der Waals surface area contributed by atoms with Crippen molar-refractivity contribution in [2.75, 3.05) is 75.2 Å². The Balaban J connectivity index is 0.719. The van der Waals surface area contributed by atoms with Crippen LogP contribution in [0.5, 0.6) is 0 Å². The number of carbonyl (C=O) groups excluding carboxylic acids is 4. The molecule has 78 heavy (non-hydrogen) atoms. The second-order valence-corrected chi connectivity index (χ2v) is 23.5. The lowest BCUT2D eigenvalue weighted by Crippen LogP contribution is -2.57. The Morgan fingerprint density at radius 3 is 2.35 bits per heavy atom. The number of alkyl halides is 1. The summed E-state index contributed by atoms with van der Waals surface area (Å²) in [5.74, 6) is -4.19. The standard InChI is InChI=1S/C54H62F3N11O8S2/c1-32-49(77-31-62-32)34-9-6-33(7-10-34)8-13-44(70)43-23-38(69)29-68(43)52(73)50(54(2,3)4)63-45(71)30-76-21-5-15-65-17-19-66(20-18-65)53-60-25-36(26-61-53)35-22-39-40(27-59-51(39)58-24-35)48(72)46-41(56)11-12-42(47(46)57)64-78(74,75)67-16-14-37(55)28-67/h6-7,9-12,22,24-27,31,37-38,43,50,64,69H,5,8,13-21,23,28-30H2,1-4H3,(H,58,59)(H,63,71)/t37-,38-,43+,50-/m1/s1. The summed E-state index contributed by atoms with van der Waals surface area (Å²) in [5, 5.41) is 13.7. The number of thiazole rings is 1. The summed E-state index contributed by atoms with van der Waals surface area (Å²) in [6.45, 7) is 10.4. The molecule has 4 atom stereocenters. The zero-order valence-corrected chi connectivity index (χ0v) is 45.3. The number of likely N-dealkylation sites (tertiary alicyclic amines) is 1. The summed E-state index contributed by atoms with van der Waals surface area (Å²) in [6, 6.07) is 9.52. The molecule has 4 aromatic heterocycles. The SMILES string of the molecule is Cc1ncsc1-c1ccc(CCC(=O)[C@@H]2C[C@@H](O)CN2C(=O)[C@@H](NC(=O)COCCCN2CCN(c3ncc(-c4cnc5[nH]cc(C(=O)c6c(F)ccc(NS(=O)(=O)N7CC[C@@H](F)C7)c6F)c5c4)cn3)CC2)C(C)(C)C)cc1. The highest BCUT2D eigenvalue weighted by Gasteiger charge is 2.44. The summed E-state index contributed by atoms with van der Waals surface area (Å²) >= 11 is 1.57. The van der Waals surface area contributed by atoms with Crippen LogP contribution in [0.4, 0.5) is 24.8 Å². The number of fused-ring (bicyclic) bond motifs is 1. The van der Waals surface area contributed by atoms with Gasteiger partial charge in [0.1, 0.15) is 30.3 Å². The zero-order valence-electron chi connectivity index (χ0n) is 43.7. The number of carbonyl (C=O) groups is 4. The van der Waals surface area contributed by atoms with Gasteiger partial charge in [0.05, 0.1) is 39.5 Å². The van der Waals surface area contributed by atoms with Crippen LogP contribution in [-0.4, -0.2) is 166 Å². The number of hydrogen-bond donors (Lipinski definition) is 4. The molecule has 6 aromatic rings. The molecule has 0 unspecified atom stereocenters. The Bertz CT molecular complexity index is 3280. The normalized spacial score (nSPS) is 18.9. The number of aromatic nitrogens is 5. The predicted octanol–water partition coefficient (Wildman–Crippen LogP) is 5.88. The monoisotopic (exact) mass is 1110 g/mol. The molecular weight excluding hydrogens is 1050 g/mol. The number of ether oxygens (including phenoxy) is 1. The number of aliphatic hydroxyl groups is 1. The average molecular weight is 1110 g/mol. The number of piperazine rings is 1. The van der Waals surface area contributed by atoms with Crippen LogP contribution in [-0.2, 0) is 35.8 Å². The molecular formula is C54H62F3N11O8S2. The van der Waals surface area contributed by atoms with Crippen molar-refractivity contribution in [1.82, 2.24) is 44.3 Å². The molecule has 0 radical (unpaired) electrons. The van der Waals surface area contributed by atoms with Crippen LogP contribution in [0.3, 0.4) is 0 Å². The van der Waals surface area contributed by atoms with E-state index in [0.717, 1.165) is 51.2 Å². The summed E-state index contributed by atoms with van der Waals surface area (Å²) in [7, 11) is -4.39. The van der Waals surface area contributed by atoms with Gasteiger partial charge in [-0.15, -0.1) is 11.3 Å². The van der Waals surface area contributed by atoms with Gasteiger partial charge in [-0.2, -0.15) is 12.7 Å². The van der Waals surface area contributed by atoms with E-state index in [1.807, 2.05) is 67.1 Å². The Labute approximate surface area is 453 Å². The van der Waals surface area contributed by atoms with E-state index in [4.69, 9.17) is 4.74 Å². The van der Waals surface area contributed by atoms with Crippen molar-refractivity contribution in [3.05, 3.63) is 107 Å². The summed E-state index contributed by atoms with van der Waals surface area (Å²) < 4.78 is 78.9. The molecule has 0 spiro atoms. The summed E-state index contributed by atoms with van der Waals surface area (Å²) in [6.07, 6.45) is 5.26. The smallest absolute Gasteiger partial charge is 0.301 e.